The van der Waals surface area contributed by atoms with Crippen LogP contribution in [0.2, 0.25) is 0 Å². The van der Waals surface area contributed by atoms with E-state index < -0.39 is 0 Å². The number of allylic oxidation sites excluding steroid dienone is 2. The van der Waals surface area contributed by atoms with Gasteiger partial charge in [-0.15, -0.1) is 0 Å². The van der Waals surface area contributed by atoms with Crippen LogP contribution in [0.25, 0.3) is 0 Å². The summed E-state index contributed by atoms with van der Waals surface area (Å²) in [5, 5.41) is 0. The quantitative estimate of drug-likeness (QED) is 0.538. The smallest absolute Gasteiger partial charge is 0.0233 e. The molecule has 0 heteroatoms. The van der Waals surface area contributed by atoms with Gasteiger partial charge in [-0.2, -0.15) is 0 Å². The zero-order chi connectivity index (χ0) is 9.52. The highest BCUT2D eigenvalue weighted by atomic mass is 14.1. The first-order chi connectivity index (χ1) is 6.36. The molecule has 1 aliphatic carbocycles. The number of rotatable bonds is 5. The lowest BCUT2D eigenvalue weighted by Gasteiger charge is -2.10. The Hall–Kier alpha value is -0.260. The van der Waals surface area contributed by atoms with Crippen molar-refractivity contribution in [3.05, 3.63) is 11.6 Å². The Morgan fingerprint density at radius 1 is 1.23 bits per heavy atom. The van der Waals surface area contributed by atoms with Crippen molar-refractivity contribution in [3.63, 3.8) is 0 Å². The van der Waals surface area contributed by atoms with Crippen LogP contribution in [0, 0.1) is 5.92 Å². The molecule has 0 aromatic carbocycles. The zero-order valence-corrected chi connectivity index (χ0v) is 9.31. The Balaban J connectivity index is 2.32. The van der Waals surface area contributed by atoms with E-state index in [0.717, 1.165) is 5.92 Å². The Labute approximate surface area is 83.4 Å². The molecule has 0 aromatic heterocycles. The molecule has 1 saturated carbocycles. The summed E-state index contributed by atoms with van der Waals surface area (Å²) in [4.78, 5) is 0. The van der Waals surface area contributed by atoms with Crippen molar-refractivity contribution in [2.75, 3.05) is 0 Å². The largest absolute Gasteiger partial charge is 0.0822 e. The molecule has 0 aromatic rings. The second-order valence-electron chi connectivity index (χ2n) is 4.34. The van der Waals surface area contributed by atoms with E-state index in [1.54, 1.807) is 5.57 Å². The van der Waals surface area contributed by atoms with Gasteiger partial charge in [0.15, 0.2) is 0 Å². The molecular weight excluding hydrogens is 156 g/mol. The molecule has 1 rings (SSSR count). The van der Waals surface area contributed by atoms with Crippen LogP contribution in [0.4, 0.5) is 0 Å². The molecule has 76 valence electrons. The van der Waals surface area contributed by atoms with Crippen LogP contribution in [-0.4, -0.2) is 0 Å². The Morgan fingerprint density at radius 2 is 1.92 bits per heavy atom. The van der Waals surface area contributed by atoms with Gasteiger partial charge in [0.05, 0.1) is 0 Å². The third-order valence-corrected chi connectivity index (χ3v) is 3.17. The van der Waals surface area contributed by atoms with Crippen LogP contribution in [-0.2, 0) is 0 Å². The highest BCUT2D eigenvalue weighted by Gasteiger charge is 2.09. The first-order valence-electron chi connectivity index (χ1n) is 6.06. The maximum atomic E-state index is 2.59. The van der Waals surface area contributed by atoms with Crippen LogP contribution >= 0.6 is 0 Å². The summed E-state index contributed by atoms with van der Waals surface area (Å²) in [6, 6.07) is 0. The molecule has 0 aliphatic heterocycles. The van der Waals surface area contributed by atoms with E-state index >= 15 is 0 Å². The van der Waals surface area contributed by atoms with E-state index in [9.17, 15) is 0 Å². The van der Waals surface area contributed by atoms with Gasteiger partial charge in [-0.05, 0) is 44.4 Å². The van der Waals surface area contributed by atoms with E-state index in [0.29, 0.717) is 0 Å². The van der Waals surface area contributed by atoms with Gasteiger partial charge >= 0.3 is 0 Å². The lowest BCUT2D eigenvalue weighted by atomic mass is 9.96. The highest BCUT2D eigenvalue weighted by molar-refractivity contribution is 5.07. The molecule has 0 spiro atoms. The third-order valence-electron chi connectivity index (χ3n) is 3.17. The predicted molar refractivity (Wildman–Crippen MR) is 59.9 cm³/mol. The second kappa shape index (κ2) is 6.23. The van der Waals surface area contributed by atoms with Crippen molar-refractivity contribution in [2.24, 2.45) is 5.92 Å². The van der Waals surface area contributed by atoms with E-state index in [1.807, 2.05) is 0 Å². The fraction of sp³-hybridized carbons (Fsp3) is 0.846. The van der Waals surface area contributed by atoms with E-state index in [4.69, 9.17) is 0 Å². The van der Waals surface area contributed by atoms with Crippen LogP contribution in [0.3, 0.4) is 0 Å². The summed E-state index contributed by atoms with van der Waals surface area (Å²) < 4.78 is 0. The molecule has 13 heavy (non-hydrogen) atoms. The summed E-state index contributed by atoms with van der Waals surface area (Å²) in [6.45, 7) is 4.61. The lowest BCUT2D eigenvalue weighted by Crippen LogP contribution is -1.95. The third kappa shape index (κ3) is 3.97. The van der Waals surface area contributed by atoms with Crippen molar-refractivity contribution >= 4 is 0 Å². The first-order valence-corrected chi connectivity index (χ1v) is 6.06. The maximum absolute atomic E-state index is 2.59. The molecule has 0 heterocycles. The average Bonchev–Trinajstić information content (AvgIpc) is 2.64. The van der Waals surface area contributed by atoms with Gasteiger partial charge in [-0.3, -0.25) is 0 Å². The van der Waals surface area contributed by atoms with Crippen molar-refractivity contribution < 1.29 is 0 Å². The van der Waals surface area contributed by atoms with Crippen molar-refractivity contribution in [3.8, 4) is 0 Å². The minimum atomic E-state index is 0.882. The standard InChI is InChI=1S/C13H24/c1-3-5-8-12(4-2)11-13-9-6-7-10-13/h11-12H,3-10H2,1-2H3. The molecule has 0 radical (unpaired) electrons. The number of unbranched alkanes of at least 4 members (excludes halogenated alkanes) is 1. The van der Waals surface area contributed by atoms with Crippen molar-refractivity contribution in [1.29, 1.82) is 0 Å². The molecule has 1 atom stereocenters. The van der Waals surface area contributed by atoms with Gasteiger partial charge < -0.3 is 0 Å². The fourth-order valence-corrected chi connectivity index (χ4v) is 2.20. The van der Waals surface area contributed by atoms with Crippen molar-refractivity contribution in [1.82, 2.24) is 0 Å². The van der Waals surface area contributed by atoms with Gasteiger partial charge in [-0.25, -0.2) is 0 Å². The minimum absolute atomic E-state index is 0.882. The van der Waals surface area contributed by atoms with E-state index in [2.05, 4.69) is 19.9 Å². The molecule has 0 nitrogen and oxygen atoms in total. The van der Waals surface area contributed by atoms with Crippen LogP contribution < -0.4 is 0 Å². The molecule has 0 N–H and O–H groups in total. The predicted octanol–water partition coefficient (Wildman–Crippen LogP) is 4.70. The van der Waals surface area contributed by atoms with Crippen molar-refractivity contribution in [2.45, 2.75) is 65.2 Å². The highest BCUT2D eigenvalue weighted by Crippen LogP contribution is 2.27. The molecule has 1 unspecified atom stereocenters. The molecular formula is C13H24. The number of hydrogen-bond donors (Lipinski definition) is 0. The first kappa shape index (κ1) is 10.8. The summed E-state index contributed by atoms with van der Waals surface area (Å²) in [6.07, 6.45) is 13.8. The molecule has 0 saturated heterocycles. The van der Waals surface area contributed by atoms with E-state index in [-0.39, 0.29) is 0 Å². The van der Waals surface area contributed by atoms with E-state index in [1.165, 1.54) is 51.4 Å². The minimum Gasteiger partial charge on any atom is -0.0822 e. The Bertz CT molecular complexity index is 147. The summed E-state index contributed by atoms with van der Waals surface area (Å²) in [7, 11) is 0. The maximum Gasteiger partial charge on any atom is -0.0233 e. The van der Waals surface area contributed by atoms with Gasteiger partial charge in [0, 0.05) is 0 Å². The van der Waals surface area contributed by atoms with Gasteiger partial charge in [0.2, 0.25) is 0 Å². The Kier molecular flexibility index (Phi) is 5.19. The lowest BCUT2D eigenvalue weighted by molar-refractivity contribution is 0.536. The second-order valence-corrected chi connectivity index (χ2v) is 4.34. The zero-order valence-electron chi connectivity index (χ0n) is 9.31. The summed E-state index contributed by atoms with van der Waals surface area (Å²) in [5.74, 6) is 0.882. The monoisotopic (exact) mass is 180 g/mol. The fourth-order valence-electron chi connectivity index (χ4n) is 2.20. The summed E-state index contributed by atoms with van der Waals surface area (Å²) in [5.41, 5.74) is 1.75. The number of hydrogen-bond acceptors (Lipinski definition) is 0. The Morgan fingerprint density at radius 3 is 2.46 bits per heavy atom. The SMILES string of the molecule is CCCCC(C=C1CCCC1)CC. The molecule has 0 amide bonds. The summed E-state index contributed by atoms with van der Waals surface area (Å²) >= 11 is 0. The van der Waals surface area contributed by atoms with Crippen LogP contribution in [0.5, 0.6) is 0 Å². The van der Waals surface area contributed by atoms with Gasteiger partial charge in [-0.1, -0.05) is 38.3 Å². The molecule has 0 bridgehead atoms. The van der Waals surface area contributed by atoms with Crippen LogP contribution in [0.15, 0.2) is 11.6 Å². The van der Waals surface area contributed by atoms with Gasteiger partial charge in [0.25, 0.3) is 0 Å². The van der Waals surface area contributed by atoms with Gasteiger partial charge in [0.1, 0.15) is 0 Å². The average molecular weight is 180 g/mol. The normalized spacial score (nSPS) is 19.1. The topological polar surface area (TPSA) is 0 Å². The molecule has 1 fully saturated rings. The molecule has 1 aliphatic rings. The van der Waals surface area contributed by atoms with Crippen LogP contribution in [0.1, 0.15) is 65.2 Å².